The van der Waals surface area contributed by atoms with E-state index in [1.165, 1.54) is 37.8 Å². The summed E-state index contributed by atoms with van der Waals surface area (Å²) < 4.78 is 83.5. The van der Waals surface area contributed by atoms with E-state index in [9.17, 15) is 22.0 Å². The van der Waals surface area contributed by atoms with Crippen LogP contribution in [-0.4, -0.2) is 49.1 Å². The summed E-state index contributed by atoms with van der Waals surface area (Å²) in [5.74, 6) is 4.71. The van der Waals surface area contributed by atoms with E-state index in [4.69, 9.17) is 23.5 Å². The molecule has 5 aliphatic rings. The number of fused-ring (bicyclic) bond motifs is 9. The van der Waals surface area contributed by atoms with E-state index < -0.39 is 38.0 Å². The van der Waals surface area contributed by atoms with Gasteiger partial charge in [0.2, 0.25) is 0 Å². The minimum absolute atomic E-state index is 0.0217. The average molecular weight is 770 g/mol. The summed E-state index contributed by atoms with van der Waals surface area (Å²) in [5, 5.41) is -4.49. The van der Waals surface area contributed by atoms with Crippen molar-refractivity contribution in [3.05, 3.63) is 78.4 Å². The maximum atomic E-state index is 14.2. The molecule has 10 unspecified atom stereocenters. The van der Waals surface area contributed by atoms with Gasteiger partial charge in [0, 0.05) is 0 Å². The number of carbonyl (C=O) groups excluding carboxylic acids is 1. The van der Waals surface area contributed by atoms with Crippen molar-refractivity contribution in [2.75, 3.05) is 13.2 Å². The van der Waals surface area contributed by atoms with E-state index >= 15 is 0 Å². The summed E-state index contributed by atoms with van der Waals surface area (Å²) in [5.41, 5.74) is -0.00950. The van der Waals surface area contributed by atoms with Crippen LogP contribution in [0.5, 0.6) is 11.5 Å². The van der Waals surface area contributed by atoms with E-state index in [-0.39, 0.29) is 23.2 Å². The maximum Gasteiger partial charge on any atom is 0.405 e. The molecule has 1 heterocycles. The van der Waals surface area contributed by atoms with Crippen LogP contribution < -0.4 is 9.47 Å². The van der Waals surface area contributed by atoms with E-state index in [2.05, 4.69) is 0 Å². The fraction of sp³-hybridized carbons (Fsp3) is 0.537. The Morgan fingerprint density at radius 3 is 1.94 bits per heavy atom. The van der Waals surface area contributed by atoms with Crippen LogP contribution in [0.15, 0.2) is 87.5 Å². The lowest BCUT2D eigenvalue weighted by Gasteiger charge is -2.41. The van der Waals surface area contributed by atoms with Crippen LogP contribution in [0.4, 0.5) is 8.78 Å². The molecule has 0 amide bonds. The quantitative estimate of drug-likeness (QED) is 0.0722. The molecule has 12 heteroatoms. The lowest BCUT2D eigenvalue weighted by Crippen LogP contribution is -2.47. The standard InChI is InChI=1S/C41H46F2O8S2/c1-24(41(42,43)53(45,46)47)50-29-9-15-32(16-10-29)52(31-13-7-28(8-14-31)40(4)23-48-39(2,3)22-49-40)33-17-11-30(12-18-33)51-38(44)35-21-27-20-34(35)37-26-6-5-25(19-26)36(27)37/h7-18,24-27,34-37H,5-6,19-23H2,1-4H3/p+1. The smallest absolute Gasteiger partial charge is 0.405 e. The molecular formula is C41H47F2O8S2+. The topological polar surface area (TPSA) is 108 Å². The zero-order valence-corrected chi connectivity index (χ0v) is 32.0. The van der Waals surface area contributed by atoms with Crippen molar-refractivity contribution >= 4 is 27.0 Å². The van der Waals surface area contributed by atoms with Crippen LogP contribution in [-0.2, 0) is 40.9 Å². The summed E-state index contributed by atoms with van der Waals surface area (Å²) in [6.07, 6.45) is 4.04. The summed E-state index contributed by atoms with van der Waals surface area (Å²) in [6, 6.07) is 22.2. The predicted octanol–water partition coefficient (Wildman–Crippen LogP) is 8.29. The molecule has 5 fully saturated rings. The number of hydrogen-bond acceptors (Lipinski definition) is 7. The minimum Gasteiger partial charge on any atom is -0.483 e. The molecule has 284 valence electrons. The Bertz CT molecular complexity index is 1940. The molecule has 4 saturated carbocycles. The SMILES string of the molecule is CC(Oc1ccc([S+](c2ccc(OC(=O)C3CC4CC3C3C5CCC(C5)C43)cc2)c2ccc(C3(C)COC(C)(C)CO3)cc2)cc1)C(F)(F)S(=O)(=O)O. The average Bonchev–Trinajstić information content (AvgIpc) is 3.93. The lowest BCUT2D eigenvalue weighted by molar-refractivity contribution is -0.221. The molecule has 10 atom stereocenters. The number of benzene rings is 3. The first kappa shape index (κ1) is 36.9. The first-order chi connectivity index (χ1) is 25.0. The second-order valence-corrected chi connectivity index (χ2v) is 20.1. The number of carbonyl (C=O) groups is 1. The van der Waals surface area contributed by atoms with Crippen LogP contribution in [0.3, 0.4) is 0 Å². The molecule has 0 radical (unpaired) electrons. The van der Waals surface area contributed by atoms with Gasteiger partial charge in [-0.15, -0.1) is 0 Å². The van der Waals surface area contributed by atoms with Gasteiger partial charge < -0.3 is 18.9 Å². The fourth-order valence-corrected chi connectivity index (χ4v) is 12.6. The van der Waals surface area contributed by atoms with Crippen molar-refractivity contribution in [3.63, 3.8) is 0 Å². The molecule has 4 bridgehead atoms. The van der Waals surface area contributed by atoms with Crippen molar-refractivity contribution in [3.8, 4) is 11.5 Å². The fourth-order valence-electron chi connectivity index (χ4n) is 10.1. The number of esters is 1. The Balaban J connectivity index is 1.03. The third-order valence-electron chi connectivity index (χ3n) is 12.7. The Morgan fingerprint density at radius 1 is 0.811 bits per heavy atom. The summed E-state index contributed by atoms with van der Waals surface area (Å²) >= 11 is 0. The first-order valence-electron chi connectivity index (χ1n) is 18.6. The van der Waals surface area contributed by atoms with Crippen molar-refractivity contribution in [1.82, 2.24) is 0 Å². The van der Waals surface area contributed by atoms with Gasteiger partial charge in [0.25, 0.3) is 0 Å². The van der Waals surface area contributed by atoms with E-state index in [1.807, 2.05) is 69.3 Å². The summed E-state index contributed by atoms with van der Waals surface area (Å²) in [7, 11) is -6.35. The first-order valence-corrected chi connectivity index (χ1v) is 21.3. The third-order valence-corrected chi connectivity index (χ3v) is 15.9. The Morgan fingerprint density at radius 2 is 1.38 bits per heavy atom. The number of halogens is 2. The van der Waals surface area contributed by atoms with E-state index in [1.54, 1.807) is 12.1 Å². The molecule has 1 saturated heterocycles. The monoisotopic (exact) mass is 769 g/mol. The predicted molar refractivity (Wildman–Crippen MR) is 195 cm³/mol. The van der Waals surface area contributed by atoms with Gasteiger partial charge in [-0.3, -0.25) is 9.35 Å². The maximum absolute atomic E-state index is 14.2. The second kappa shape index (κ2) is 13.3. The number of ether oxygens (including phenoxy) is 4. The highest BCUT2D eigenvalue weighted by molar-refractivity contribution is 7.97. The van der Waals surface area contributed by atoms with E-state index in [0.717, 1.165) is 51.3 Å². The zero-order valence-electron chi connectivity index (χ0n) is 30.4. The summed E-state index contributed by atoms with van der Waals surface area (Å²) in [6.45, 7) is 7.76. The van der Waals surface area contributed by atoms with Crippen LogP contribution in [0.2, 0.25) is 0 Å². The summed E-state index contributed by atoms with van der Waals surface area (Å²) in [4.78, 5) is 16.3. The zero-order chi connectivity index (χ0) is 37.5. The molecular weight excluding hydrogens is 723 g/mol. The normalized spacial score (nSPS) is 32.6. The highest BCUT2D eigenvalue weighted by atomic mass is 32.2. The Hall–Kier alpha value is -3.03. The van der Waals surface area contributed by atoms with Crippen LogP contribution in [0.25, 0.3) is 0 Å². The van der Waals surface area contributed by atoms with Crippen molar-refractivity contribution in [1.29, 1.82) is 0 Å². The van der Waals surface area contributed by atoms with Gasteiger partial charge in [0.15, 0.2) is 20.8 Å². The van der Waals surface area contributed by atoms with E-state index in [0.29, 0.717) is 36.7 Å². The van der Waals surface area contributed by atoms with Crippen molar-refractivity contribution in [2.24, 2.45) is 41.4 Å². The molecule has 0 spiro atoms. The molecule has 4 aliphatic carbocycles. The van der Waals surface area contributed by atoms with Crippen molar-refractivity contribution < 1.29 is 45.5 Å². The molecule has 8 nitrogen and oxygen atoms in total. The highest BCUT2D eigenvalue weighted by Crippen LogP contribution is 2.68. The van der Waals surface area contributed by atoms with Gasteiger partial charge in [-0.05, 0) is 162 Å². The number of rotatable bonds is 10. The minimum atomic E-state index is -5.67. The third kappa shape index (κ3) is 6.70. The number of alkyl halides is 2. The number of hydrogen-bond donors (Lipinski definition) is 1. The van der Waals surface area contributed by atoms with Gasteiger partial charge >= 0.3 is 21.3 Å². The van der Waals surface area contributed by atoms with Crippen LogP contribution in [0, 0.1) is 41.4 Å². The van der Waals surface area contributed by atoms with Gasteiger partial charge in [-0.25, -0.2) is 0 Å². The van der Waals surface area contributed by atoms with Crippen molar-refractivity contribution in [2.45, 2.75) is 97.0 Å². The van der Waals surface area contributed by atoms with Gasteiger partial charge in [0.05, 0.1) is 35.6 Å². The molecule has 1 N–H and O–H groups in total. The lowest BCUT2D eigenvalue weighted by atomic mass is 9.67. The molecule has 53 heavy (non-hydrogen) atoms. The van der Waals surface area contributed by atoms with Gasteiger partial charge in [-0.2, -0.15) is 17.2 Å². The Kier molecular flexibility index (Phi) is 9.28. The van der Waals surface area contributed by atoms with Crippen LogP contribution >= 0.6 is 0 Å². The highest BCUT2D eigenvalue weighted by Gasteiger charge is 2.63. The Labute approximate surface area is 313 Å². The largest absolute Gasteiger partial charge is 0.483 e. The molecule has 3 aromatic carbocycles. The van der Waals surface area contributed by atoms with Crippen LogP contribution in [0.1, 0.15) is 65.4 Å². The molecule has 3 aromatic rings. The molecule has 0 aromatic heterocycles. The van der Waals surface area contributed by atoms with Gasteiger partial charge in [0.1, 0.15) is 17.1 Å². The molecule has 8 rings (SSSR count). The second-order valence-electron chi connectivity index (χ2n) is 16.5. The van der Waals surface area contributed by atoms with Gasteiger partial charge in [-0.1, -0.05) is 12.1 Å². The molecule has 1 aliphatic heterocycles.